The summed E-state index contributed by atoms with van der Waals surface area (Å²) in [6, 6.07) is 8.29. The van der Waals surface area contributed by atoms with Crippen LogP contribution in [0.4, 0.5) is 0 Å². The van der Waals surface area contributed by atoms with E-state index in [0.717, 1.165) is 5.56 Å². The van der Waals surface area contributed by atoms with Crippen LogP contribution in [-0.4, -0.2) is 38.3 Å². The van der Waals surface area contributed by atoms with Gasteiger partial charge in [0, 0.05) is 25.9 Å². The van der Waals surface area contributed by atoms with Gasteiger partial charge in [0.05, 0.1) is 5.75 Å². The summed E-state index contributed by atoms with van der Waals surface area (Å²) in [7, 11) is 1.84. The van der Waals surface area contributed by atoms with Gasteiger partial charge in [-0.25, -0.2) is 9.78 Å². The highest BCUT2D eigenvalue weighted by atomic mass is 32.2. The van der Waals surface area contributed by atoms with Crippen molar-refractivity contribution >= 4 is 23.6 Å². The van der Waals surface area contributed by atoms with Gasteiger partial charge in [0.1, 0.15) is 6.04 Å². The van der Waals surface area contributed by atoms with E-state index in [-0.39, 0.29) is 18.1 Å². The summed E-state index contributed by atoms with van der Waals surface area (Å²) in [4.78, 5) is 27.3. The Morgan fingerprint density at radius 1 is 1.36 bits per heavy atom. The summed E-state index contributed by atoms with van der Waals surface area (Å²) in [5.41, 5.74) is 0.868. The summed E-state index contributed by atoms with van der Waals surface area (Å²) in [6.45, 7) is 0. The molecule has 1 amide bonds. The molecule has 0 aliphatic carbocycles. The molecule has 0 fully saturated rings. The fraction of sp³-hybridized carbons (Fsp3) is 0.267. The highest BCUT2D eigenvalue weighted by Gasteiger charge is 2.20. The number of rotatable bonds is 7. The number of aliphatic carboxylic acids is 1. The fourth-order valence-electron chi connectivity index (χ4n) is 1.91. The Labute approximate surface area is 132 Å². The van der Waals surface area contributed by atoms with Gasteiger partial charge in [-0.15, -0.1) is 0 Å². The van der Waals surface area contributed by atoms with Gasteiger partial charge in [-0.2, -0.15) is 0 Å². The molecule has 6 nitrogen and oxygen atoms in total. The van der Waals surface area contributed by atoms with Crippen LogP contribution in [0.2, 0.25) is 0 Å². The number of benzene rings is 1. The van der Waals surface area contributed by atoms with E-state index in [1.165, 1.54) is 11.8 Å². The van der Waals surface area contributed by atoms with Gasteiger partial charge in [-0.05, 0) is 5.56 Å². The number of imidazole rings is 1. The second kappa shape index (κ2) is 7.65. The van der Waals surface area contributed by atoms with Crippen LogP contribution < -0.4 is 5.32 Å². The monoisotopic (exact) mass is 319 g/mol. The van der Waals surface area contributed by atoms with Gasteiger partial charge in [0.25, 0.3) is 0 Å². The molecule has 1 atom stereocenters. The van der Waals surface area contributed by atoms with Crippen LogP contribution in [0, 0.1) is 0 Å². The Morgan fingerprint density at radius 3 is 2.68 bits per heavy atom. The van der Waals surface area contributed by atoms with Gasteiger partial charge in [-0.1, -0.05) is 42.1 Å². The molecule has 0 aliphatic heterocycles. The Bertz CT molecular complexity index is 642. The number of carbonyl (C=O) groups excluding carboxylic acids is 1. The summed E-state index contributed by atoms with van der Waals surface area (Å²) in [6.07, 6.45) is 3.69. The number of hydrogen-bond donors (Lipinski definition) is 2. The third-order valence-electron chi connectivity index (χ3n) is 3.03. The fourth-order valence-corrected chi connectivity index (χ4v) is 2.65. The lowest BCUT2D eigenvalue weighted by Gasteiger charge is -2.14. The molecule has 2 rings (SSSR count). The van der Waals surface area contributed by atoms with Crippen molar-refractivity contribution in [1.82, 2.24) is 14.9 Å². The molecule has 1 aromatic carbocycles. The highest BCUT2D eigenvalue weighted by Crippen LogP contribution is 2.14. The quantitative estimate of drug-likeness (QED) is 0.752. The molecule has 2 aromatic rings. The van der Waals surface area contributed by atoms with Gasteiger partial charge < -0.3 is 15.0 Å². The molecule has 0 saturated heterocycles. The van der Waals surface area contributed by atoms with Crippen molar-refractivity contribution in [2.45, 2.75) is 17.6 Å². The van der Waals surface area contributed by atoms with E-state index in [9.17, 15) is 14.7 Å². The van der Waals surface area contributed by atoms with Crippen LogP contribution in [0.5, 0.6) is 0 Å². The maximum atomic E-state index is 11.9. The second-order valence-corrected chi connectivity index (χ2v) is 5.70. The smallest absolute Gasteiger partial charge is 0.326 e. The molecule has 22 heavy (non-hydrogen) atoms. The molecule has 0 radical (unpaired) electrons. The maximum absolute atomic E-state index is 11.9. The lowest BCUT2D eigenvalue weighted by atomic mass is 10.1. The minimum absolute atomic E-state index is 0.128. The van der Waals surface area contributed by atoms with E-state index in [1.54, 1.807) is 17.0 Å². The van der Waals surface area contributed by atoms with Crippen molar-refractivity contribution in [1.29, 1.82) is 0 Å². The van der Waals surface area contributed by atoms with Crippen molar-refractivity contribution in [2.24, 2.45) is 7.05 Å². The number of carboxylic acid groups (broad SMARTS) is 1. The second-order valence-electron chi connectivity index (χ2n) is 4.76. The number of aromatic nitrogens is 2. The van der Waals surface area contributed by atoms with Crippen LogP contribution in [0.3, 0.4) is 0 Å². The van der Waals surface area contributed by atoms with Gasteiger partial charge in [0.2, 0.25) is 5.91 Å². The largest absolute Gasteiger partial charge is 0.480 e. The van der Waals surface area contributed by atoms with Gasteiger partial charge in [-0.3, -0.25) is 4.79 Å². The number of hydrogen-bond acceptors (Lipinski definition) is 4. The van der Waals surface area contributed by atoms with E-state index in [1.807, 2.05) is 37.4 Å². The van der Waals surface area contributed by atoms with E-state index in [4.69, 9.17) is 0 Å². The van der Waals surface area contributed by atoms with Crippen LogP contribution in [-0.2, 0) is 23.1 Å². The maximum Gasteiger partial charge on any atom is 0.326 e. The first-order chi connectivity index (χ1) is 10.6. The van der Waals surface area contributed by atoms with Crippen molar-refractivity contribution in [2.75, 3.05) is 5.75 Å². The predicted octanol–water partition coefficient (Wildman–Crippen LogP) is 1.32. The average Bonchev–Trinajstić information content (AvgIpc) is 2.91. The molecular weight excluding hydrogens is 302 g/mol. The molecule has 116 valence electrons. The average molecular weight is 319 g/mol. The lowest BCUT2D eigenvalue weighted by Crippen LogP contribution is -2.43. The number of aryl methyl sites for hydroxylation is 1. The first kappa shape index (κ1) is 16.1. The molecule has 1 aromatic heterocycles. The Kier molecular flexibility index (Phi) is 5.60. The Balaban J connectivity index is 1.89. The Hall–Kier alpha value is -2.28. The zero-order chi connectivity index (χ0) is 15.9. The normalized spacial score (nSPS) is 11.9. The molecule has 0 aliphatic rings. The molecule has 0 bridgehead atoms. The summed E-state index contributed by atoms with van der Waals surface area (Å²) in [5, 5.41) is 12.5. The predicted molar refractivity (Wildman–Crippen MR) is 83.6 cm³/mol. The van der Waals surface area contributed by atoms with E-state index in [0.29, 0.717) is 5.16 Å². The van der Waals surface area contributed by atoms with Gasteiger partial charge in [0.15, 0.2) is 5.16 Å². The van der Waals surface area contributed by atoms with E-state index in [2.05, 4.69) is 10.3 Å². The van der Waals surface area contributed by atoms with Crippen molar-refractivity contribution < 1.29 is 14.7 Å². The number of nitrogens with zero attached hydrogens (tertiary/aromatic N) is 2. The molecule has 0 saturated carbocycles. The van der Waals surface area contributed by atoms with Crippen molar-refractivity contribution in [3.63, 3.8) is 0 Å². The van der Waals surface area contributed by atoms with Crippen molar-refractivity contribution in [3.05, 3.63) is 48.3 Å². The number of carboxylic acids is 1. The van der Waals surface area contributed by atoms with Crippen LogP contribution in [0.1, 0.15) is 5.56 Å². The zero-order valence-electron chi connectivity index (χ0n) is 12.1. The third kappa shape index (κ3) is 4.63. The van der Waals surface area contributed by atoms with Crippen LogP contribution in [0.15, 0.2) is 47.9 Å². The van der Waals surface area contributed by atoms with E-state index >= 15 is 0 Å². The third-order valence-corrected chi connectivity index (χ3v) is 4.08. The minimum Gasteiger partial charge on any atom is -0.480 e. The Morgan fingerprint density at radius 2 is 2.09 bits per heavy atom. The van der Waals surface area contributed by atoms with Gasteiger partial charge >= 0.3 is 5.97 Å². The SMILES string of the molecule is Cn1ccnc1SCC(=O)NC(Cc1ccccc1)C(=O)O. The first-order valence-electron chi connectivity index (χ1n) is 6.72. The summed E-state index contributed by atoms with van der Waals surface area (Å²) >= 11 is 1.27. The number of amides is 1. The van der Waals surface area contributed by atoms with E-state index < -0.39 is 12.0 Å². The highest BCUT2D eigenvalue weighted by molar-refractivity contribution is 7.99. The molecule has 7 heteroatoms. The number of thioether (sulfide) groups is 1. The molecule has 1 unspecified atom stereocenters. The summed E-state index contributed by atoms with van der Waals surface area (Å²) in [5.74, 6) is -1.24. The number of carbonyl (C=O) groups is 2. The first-order valence-corrected chi connectivity index (χ1v) is 7.71. The van der Waals surface area contributed by atoms with Crippen LogP contribution >= 0.6 is 11.8 Å². The molecule has 1 heterocycles. The molecule has 2 N–H and O–H groups in total. The number of nitrogens with one attached hydrogen (secondary N) is 1. The minimum atomic E-state index is -1.04. The zero-order valence-corrected chi connectivity index (χ0v) is 12.9. The topological polar surface area (TPSA) is 84.2 Å². The van der Waals surface area contributed by atoms with Crippen LogP contribution in [0.25, 0.3) is 0 Å². The molecular formula is C15H17N3O3S. The van der Waals surface area contributed by atoms with Crippen molar-refractivity contribution in [3.8, 4) is 0 Å². The molecule has 0 spiro atoms. The standard InChI is InChI=1S/C15H17N3O3S/c1-18-8-7-16-15(18)22-10-13(19)17-12(14(20)21)9-11-5-3-2-4-6-11/h2-8,12H,9-10H2,1H3,(H,17,19)(H,20,21). The lowest BCUT2D eigenvalue weighted by molar-refractivity contribution is -0.141. The summed E-state index contributed by atoms with van der Waals surface area (Å²) < 4.78 is 1.80.